The maximum Gasteiger partial charge on any atom is 0.276 e. The van der Waals surface area contributed by atoms with E-state index in [2.05, 4.69) is 43.0 Å². The average molecular weight is 307 g/mol. The molecule has 2 saturated heterocycles. The largest absolute Gasteiger partial charge is 0.380 e. The number of nitrogens with zero attached hydrogens (tertiary/aromatic N) is 5. The van der Waals surface area contributed by atoms with E-state index in [-0.39, 0.29) is 17.4 Å². The second-order valence-corrected chi connectivity index (χ2v) is 7.07. The first-order valence-corrected chi connectivity index (χ1v) is 7.89. The molecule has 0 spiro atoms. The normalized spacial score (nSPS) is 28.5. The van der Waals surface area contributed by atoms with Crippen LogP contribution in [0.1, 0.15) is 31.3 Å². The van der Waals surface area contributed by atoms with Gasteiger partial charge in [-0.1, -0.05) is 12.1 Å². The molecule has 0 bridgehead atoms. The molecule has 0 saturated carbocycles. The summed E-state index contributed by atoms with van der Waals surface area (Å²) in [4.78, 5) is 16.9. The van der Waals surface area contributed by atoms with Gasteiger partial charge in [-0.25, -0.2) is 0 Å². The number of amides is 1. The second-order valence-electron chi connectivity index (χ2n) is 7.07. The molecule has 1 aromatic rings. The van der Waals surface area contributed by atoms with Crippen molar-refractivity contribution in [3.63, 3.8) is 0 Å². The number of aromatic nitrogens is 3. The highest BCUT2D eigenvalue weighted by molar-refractivity contribution is 5.92. The Morgan fingerprint density at radius 3 is 2.73 bits per heavy atom. The monoisotopic (exact) mass is 307 g/mol. The summed E-state index contributed by atoms with van der Waals surface area (Å²) in [6.45, 7) is 10.2. The summed E-state index contributed by atoms with van der Waals surface area (Å²) in [7, 11) is 2.10. The van der Waals surface area contributed by atoms with Crippen molar-refractivity contribution in [2.24, 2.45) is 5.41 Å². The summed E-state index contributed by atoms with van der Waals surface area (Å²) in [5.41, 5.74) is 0.552. The van der Waals surface area contributed by atoms with Crippen LogP contribution in [0.15, 0.2) is 6.20 Å². The average Bonchev–Trinajstić information content (AvgIpc) is 2.91. The van der Waals surface area contributed by atoms with E-state index in [9.17, 15) is 4.79 Å². The lowest BCUT2D eigenvalue weighted by atomic mass is 9.89. The summed E-state index contributed by atoms with van der Waals surface area (Å²) >= 11 is 0. The van der Waals surface area contributed by atoms with Crippen molar-refractivity contribution in [3.05, 3.63) is 11.9 Å². The lowest BCUT2D eigenvalue weighted by Gasteiger charge is -2.43. The van der Waals surface area contributed by atoms with Gasteiger partial charge in [-0.3, -0.25) is 14.4 Å². The predicted molar refractivity (Wildman–Crippen MR) is 81.5 cm³/mol. The van der Waals surface area contributed by atoms with Crippen LogP contribution in [0.2, 0.25) is 0 Å². The van der Waals surface area contributed by atoms with E-state index < -0.39 is 0 Å². The Balaban J connectivity index is 1.68. The van der Waals surface area contributed by atoms with Gasteiger partial charge in [-0.15, -0.1) is 5.10 Å². The molecular weight excluding hydrogens is 282 g/mol. The van der Waals surface area contributed by atoms with Crippen LogP contribution < -0.4 is 0 Å². The molecular formula is C15H25N5O2. The molecule has 2 fully saturated rings. The quantitative estimate of drug-likeness (QED) is 0.813. The number of likely N-dealkylation sites (N-methyl/N-ethyl adjacent to an activating group) is 1. The minimum Gasteiger partial charge on any atom is -0.380 e. The highest BCUT2D eigenvalue weighted by Crippen LogP contribution is 2.28. The fraction of sp³-hybridized carbons (Fsp3) is 0.800. The standard InChI is InChI=1S/C15H25N5O2/c1-11-12(2)20(6-5-18(11)4)14(21)13-7-19(17-16-13)8-15(3)9-22-10-15/h7,11-12H,5-6,8-10H2,1-4H3. The van der Waals surface area contributed by atoms with Gasteiger partial charge in [0, 0.05) is 30.6 Å². The third-order valence-corrected chi connectivity index (χ3v) is 5.04. The summed E-state index contributed by atoms with van der Waals surface area (Å²) in [5.74, 6) is -0.0197. The lowest BCUT2D eigenvalue weighted by Crippen LogP contribution is -2.57. The number of hydrogen-bond donors (Lipinski definition) is 0. The number of carbonyl (C=O) groups excluding carboxylic acids is 1. The lowest BCUT2D eigenvalue weighted by molar-refractivity contribution is -0.111. The first kappa shape index (κ1) is 15.4. The second kappa shape index (κ2) is 5.62. The van der Waals surface area contributed by atoms with Gasteiger partial charge in [0.05, 0.1) is 26.0 Å². The van der Waals surface area contributed by atoms with Gasteiger partial charge in [0.15, 0.2) is 5.69 Å². The van der Waals surface area contributed by atoms with Crippen molar-refractivity contribution in [1.82, 2.24) is 24.8 Å². The van der Waals surface area contributed by atoms with Gasteiger partial charge < -0.3 is 9.64 Å². The van der Waals surface area contributed by atoms with Crippen LogP contribution in [0, 0.1) is 5.41 Å². The van der Waals surface area contributed by atoms with Crippen LogP contribution in [-0.4, -0.2) is 76.1 Å². The number of rotatable bonds is 3. The van der Waals surface area contributed by atoms with Crippen LogP contribution in [0.25, 0.3) is 0 Å². The Morgan fingerprint density at radius 1 is 1.36 bits per heavy atom. The van der Waals surface area contributed by atoms with Crippen LogP contribution in [0.5, 0.6) is 0 Å². The van der Waals surface area contributed by atoms with Crippen molar-refractivity contribution in [2.75, 3.05) is 33.4 Å². The highest BCUT2D eigenvalue weighted by Gasteiger charge is 2.35. The molecule has 2 aliphatic heterocycles. The molecule has 2 aliphatic rings. The first-order chi connectivity index (χ1) is 10.4. The molecule has 2 unspecified atom stereocenters. The Morgan fingerprint density at radius 2 is 2.09 bits per heavy atom. The number of hydrogen-bond acceptors (Lipinski definition) is 5. The minimum absolute atomic E-state index is 0.0197. The summed E-state index contributed by atoms with van der Waals surface area (Å²) < 4.78 is 7.02. The zero-order valence-electron chi connectivity index (χ0n) is 13.8. The van der Waals surface area contributed by atoms with E-state index in [0.717, 1.165) is 32.8 Å². The SMILES string of the molecule is CC1C(C)N(C(=O)c2cn(CC3(C)COC3)nn2)CCN1C. The molecule has 3 heterocycles. The number of piperazine rings is 1. The van der Waals surface area contributed by atoms with Crippen molar-refractivity contribution in [2.45, 2.75) is 39.4 Å². The topological polar surface area (TPSA) is 63.5 Å². The van der Waals surface area contributed by atoms with Gasteiger partial charge in [-0.05, 0) is 20.9 Å². The van der Waals surface area contributed by atoms with Gasteiger partial charge in [0.25, 0.3) is 5.91 Å². The maximum atomic E-state index is 12.7. The molecule has 7 heteroatoms. The smallest absolute Gasteiger partial charge is 0.276 e. The van der Waals surface area contributed by atoms with Gasteiger partial charge >= 0.3 is 0 Å². The number of carbonyl (C=O) groups is 1. The van der Waals surface area contributed by atoms with Gasteiger partial charge in [-0.2, -0.15) is 0 Å². The maximum absolute atomic E-state index is 12.7. The Bertz CT molecular complexity index is 554. The van der Waals surface area contributed by atoms with E-state index in [0.29, 0.717) is 11.7 Å². The molecule has 122 valence electrons. The molecule has 7 nitrogen and oxygen atoms in total. The third-order valence-electron chi connectivity index (χ3n) is 5.04. The molecule has 0 N–H and O–H groups in total. The summed E-state index contributed by atoms with van der Waals surface area (Å²) in [5, 5.41) is 8.19. The molecule has 1 aromatic heterocycles. The molecule has 3 rings (SSSR count). The van der Waals surface area contributed by atoms with Crippen LogP contribution >= 0.6 is 0 Å². The van der Waals surface area contributed by atoms with Crippen LogP contribution in [-0.2, 0) is 11.3 Å². The van der Waals surface area contributed by atoms with E-state index in [1.54, 1.807) is 10.9 Å². The van der Waals surface area contributed by atoms with Crippen LogP contribution in [0.3, 0.4) is 0 Å². The van der Waals surface area contributed by atoms with Gasteiger partial charge in [0.2, 0.25) is 0 Å². The van der Waals surface area contributed by atoms with Crippen LogP contribution in [0.4, 0.5) is 0 Å². The number of ether oxygens (including phenoxy) is 1. The molecule has 1 amide bonds. The molecule has 22 heavy (non-hydrogen) atoms. The molecule has 0 radical (unpaired) electrons. The highest BCUT2D eigenvalue weighted by atomic mass is 16.5. The summed E-state index contributed by atoms with van der Waals surface area (Å²) in [6, 6.07) is 0.521. The van der Waals surface area contributed by atoms with E-state index >= 15 is 0 Å². The molecule has 2 atom stereocenters. The summed E-state index contributed by atoms with van der Waals surface area (Å²) in [6.07, 6.45) is 1.77. The third kappa shape index (κ3) is 2.75. The Labute approximate surface area is 131 Å². The zero-order chi connectivity index (χ0) is 15.9. The fourth-order valence-corrected chi connectivity index (χ4v) is 3.14. The van der Waals surface area contributed by atoms with Crippen molar-refractivity contribution in [1.29, 1.82) is 0 Å². The molecule has 0 aromatic carbocycles. The molecule has 0 aliphatic carbocycles. The predicted octanol–water partition coefficient (Wildman–Crippen LogP) is 0.479. The van der Waals surface area contributed by atoms with Crippen molar-refractivity contribution >= 4 is 5.91 Å². The fourth-order valence-electron chi connectivity index (χ4n) is 3.14. The van der Waals surface area contributed by atoms with Gasteiger partial charge in [0.1, 0.15) is 0 Å². The van der Waals surface area contributed by atoms with E-state index in [1.807, 2.05) is 4.90 Å². The Kier molecular flexibility index (Phi) is 3.94. The zero-order valence-corrected chi connectivity index (χ0v) is 13.8. The van der Waals surface area contributed by atoms with Crippen molar-refractivity contribution in [3.8, 4) is 0 Å². The first-order valence-electron chi connectivity index (χ1n) is 7.89. The van der Waals surface area contributed by atoms with E-state index in [1.165, 1.54) is 0 Å². The Hall–Kier alpha value is -1.47. The van der Waals surface area contributed by atoms with Crippen molar-refractivity contribution < 1.29 is 9.53 Å². The van der Waals surface area contributed by atoms with E-state index in [4.69, 9.17) is 4.74 Å². The minimum atomic E-state index is -0.0197.